The van der Waals surface area contributed by atoms with Crippen molar-refractivity contribution in [2.75, 3.05) is 13.1 Å². The molecule has 2 aromatic rings. The van der Waals surface area contributed by atoms with Crippen molar-refractivity contribution in [3.63, 3.8) is 0 Å². The third kappa shape index (κ3) is 6.41. The van der Waals surface area contributed by atoms with Gasteiger partial charge in [-0.1, -0.05) is 31.2 Å². The molecule has 1 aromatic carbocycles. The summed E-state index contributed by atoms with van der Waals surface area (Å²) in [5.41, 5.74) is 3.33. The van der Waals surface area contributed by atoms with E-state index in [0.717, 1.165) is 30.2 Å². The van der Waals surface area contributed by atoms with Gasteiger partial charge in [0.2, 0.25) is 0 Å². The summed E-state index contributed by atoms with van der Waals surface area (Å²) >= 11 is 1.73. The Kier molecular flexibility index (Phi) is 9.97. The van der Waals surface area contributed by atoms with E-state index in [1.165, 1.54) is 5.56 Å². The Hall–Kier alpha value is -1.12. The van der Waals surface area contributed by atoms with Crippen molar-refractivity contribution in [2.45, 2.75) is 32.9 Å². The first-order valence-electron chi connectivity index (χ1n) is 7.96. The van der Waals surface area contributed by atoms with Crippen LogP contribution in [0.25, 0.3) is 0 Å². The summed E-state index contributed by atoms with van der Waals surface area (Å²) in [6, 6.07) is 10.0. The van der Waals surface area contributed by atoms with Crippen LogP contribution in [0.15, 0.2) is 46.1 Å². The Bertz CT molecular complexity index is 616. The van der Waals surface area contributed by atoms with E-state index >= 15 is 0 Å². The largest absolute Gasteiger partial charge is 0.392 e. The fourth-order valence-electron chi connectivity index (χ4n) is 2.29. The van der Waals surface area contributed by atoms with E-state index in [9.17, 15) is 5.11 Å². The summed E-state index contributed by atoms with van der Waals surface area (Å²) in [6.45, 7) is 6.52. The normalized spacial score (nSPS) is 12.4. The predicted molar refractivity (Wildman–Crippen MR) is 113 cm³/mol. The maximum absolute atomic E-state index is 9.39. The zero-order chi connectivity index (χ0) is 16.5. The summed E-state index contributed by atoms with van der Waals surface area (Å²) < 4.78 is 0. The number of guanidine groups is 1. The van der Waals surface area contributed by atoms with Gasteiger partial charge in [-0.25, -0.2) is 4.99 Å². The number of rotatable bonds is 7. The van der Waals surface area contributed by atoms with Gasteiger partial charge in [0, 0.05) is 13.1 Å². The summed E-state index contributed by atoms with van der Waals surface area (Å²) in [5.74, 6) is 1.25. The first kappa shape index (κ1) is 20.9. The summed E-state index contributed by atoms with van der Waals surface area (Å²) in [4.78, 5) is 4.63. The van der Waals surface area contributed by atoms with Gasteiger partial charge in [-0.3, -0.25) is 0 Å². The monoisotopic (exact) mass is 459 g/mol. The van der Waals surface area contributed by atoms with E-state index in [1.807, 2.05) is 24.3 Å². The van der Waals surface area contributed by atoms with E-state index in [0.29, 0.717) is 12.5 Å². The first-order chi connectivity index (χ1) is 11.2. The number of thiophene rings is 1. The number of aliphatic imine (C=N–C) groups is 1. The Labute approximate surface area is 165 Å². The molecule has 24 heavy (non-hydrogen) atoms. The number of nitrogens with zero attached hydrogens (tertiary/aromatic N) is 1. The molecule has 132 valence electrons. The number of aliphatic hydroxyl groups excluding tert-OH is 1. The van der Waals surface area contributed by atoms with E-state index in [-0.39, 0.29) is 30.6 Å². The molecule has 1 heterocycles. The molecule has 6 heteroatoms. The third-order valence-corrected chi connectivity index (χ3v) is 4.43. The van der Waals surface area contributed by atoms with Crippen LogP contribution in [0.4, 0.5) is 0 Å². The van der Waals surface area contributed by atoms with Crippen molar-refractivity contribution in [3.8, 4) is 0 Å². The van der Waals surface area contributed by atoms with Gasteiger partial charge < -0.3 is 15.7 Å². The van der Waals surface area contributed by atoms with Crippen LogP contribution in [-0.2, 0) is 13.2 Å². The SMILES string of the molecule is CCNC(=NCc1ccccc1CO)NCC(C)c1ccsc1.I. The summed E-state index contributed by atoms with van der Waals surface area (Å²) in [5, 5.41) is 20.4. The molecule has 4 nitrogen and oxygen atoms in total. The van der Waals surface area contributed by atoms with Crippen molar-refractivity contribution < 1.29 is 5.11 Å². The molecule has 2 rings (SSSR count). The highest BCUT2D eigenvalue weighted by Gasteiger charge is 2.07. The molecule has 0 bridgehead atoms. The minimum absolute atomic E-state index is 0. The summed E-state index contributed by atoms with van der Waals surface area (Å²) in [6.07, 6.45) is 0. The van der Waals surface area contributed by atoms with E-state index in [1.54, 1.807) is 11.3 Å². The standard InChI is InChI=1S/C18H25N3OS.HI/c1-3-19-18(20-10-14(2)17-8-9-23-13-17)21-11-15-6-4-5-7-16(15)12-22;/h4-9,13-14,22H,3,10-12H2,1-2H3,(H2,19,20,21);1H. The number of aliphatic hydroxyl groups is 1. The number of hydrogen-bond acceptors (Lipinski definition) is 3. The van der Waals surface area contributed by atoms with E-state index in [4.69, 9.17) is 0 Å². The smallest absolute Gasteiger partial charge is 0.191 e. The third-order valence-electron chi connectivity index (χ3n) is 3.73. The highest BCUT2D eigenvalue weighted by atomic mass is 127. The molecular weight excluding hydrogens is 433 g/mol. The van der Waals surface area contributed by atoms with Gasteiger partial charge in [0.05, 0.1) is 13.2 Å². The quantitative estimate of drug-likeness (QED) is 0.336. The second-order valence-corrected chi connectivity index (χ2v) is 6.24. The van der Waals surface area contributed by atoms with Crippen molar-refractivity contribution in [3.05, 3.63) is 57.8 Å². The van der Waals surface area contributed by atoms with Crippen LogP contribution in [0, 0.1) is 0 Å². The van der Waals surface area contributed by atoms with Crippen molar-refractivity contribution in [1.82, 2.24) is 10.6 Å². The molecule has 0 radical (unpaired) electrons. The Morgan fingerprint density at radius 3 is 2.58 bits per heavy atom. The Morgan fingerprint density at radius 1 is 1.21 bits per heavy atom. The Balaban J connectivity index is 0.00000288. The van der Waals surface area contributed by atoms with Crippen molar-refractivity contribution >= 4 is 41.3 Å². The fourth-order valence-corrected chi connectivity index (χ4v) is 3.08. The van der Waals surface area contributed by atoms with Gasteiger partial charge in [0.1, 0.15) is 0 Å². The van der Waals surface area contributed by atoms with Gasteiger partial charge >= 0.3 is 0 Å². The topological polar surface area (TPSA) is 56.7 Å². The second-order valence-electron chi connectivity index (χ2n) is 5.46. The highest BCUT2D eigenvalue weighted by molar-refractivity contribution is 14.0. The maximum atomic E-state index is 9.39. The second kappa shape index (κ2) is 11.4. The molecule has 0 saturated heterocycles. The predicted octanol–water partition coefficient (Wildman–Crippen LogP) is 3.72. The lowest BCUT2D eigenvalue weighted by molar-refractivity contribution is 0.280. The molecule has 0 aliphatic rings. The zero-order valence-corrected chi connectivity index (χ0v) is 17.3. The molecule has 0 aliphatic carbocycles. The van der Waals surface area contributed by atoms with E-state index in [2.05, 4.69) is 46.3 Å². The highest BCUT2D eigenvalue weighted by Crippen LogP contribution is 2.17. The number of nitrogens with one attached hydrogen (secondary N) is 2. The van der Waals surface area contributed by atoms with Gasteiger partial charge in [-0.05, 0) is 46.4 Å². The first-order valence-corrected chi connectivity index (χ1v) is 8.90. The average molecular weight is 459 g/mol. The van der Waals surface area contributed by atoms with Crippen LogP contribution in [0.2, 0.25) is 0 Å². The molecule has 0 spiro atoms. The Morgan fingerprint density at radius 2 is 1.96 bits per heavy atom. The zero-order valence-electron chi connectivity index (χ0n) is 14.2. The lowest BCUT2D eigenvalue weighted by Gasteiger charge is -2.15. The van der Waals surface area contributed by atoms with Crippen LogP contribution >= 0.6 is 35.3 Å². The molecular formula is C18H26IN3OS. The molecule has 0 amide bonds. The lowest BCUT2D eigenvalue weighted by atomic mass is 10.1. The van der Waals surface area contributed by atoms with Crippen LogP contribution in [0.1, 0.15) is 36.5 Å². The molecule has 3 N–H and O–H groups in total. The van der Waals surface area contributed by atoms with Gasteiger partial charge in [0.15, 0.2) is 5.96 Å². The number of benzene rings is 1. The van der Waals surface area contributed by atoms with Crippen molar-refractivity contribution in [2.24, 2.45) is 4.99 Å². The molecule has 1 unspecified atom stereocenters. The van der Waals surface area contributed by atoms with Crippen LogP contribution < -0.4 is 10.6 Å². The summed E-state index contributed by atoms with van der Waals surface area (Å²) in [7, 11) is 0. The number of hydrogen-bond donors (Lipinski definition) is 3. The number of halogens is 1. The maximum Gasteiger partial charge on any atom is 0.191 e. The minimum Gasteiger partial charge on any atom is -0.392 e. The fraction of sp³-hybridized carbons (Fsp3) is 0.389. The minimum atomic E-state index is 0. The van der Waals surface area contributed by atoms with Crippen LogP contribution in [-0.4, -0.2) is 24.2 Å². The van der Waals surface area contributed by atoms with E-state index < -0.39 is 0 Å². The molecule has 0 saturated carbocycles. The lowest BCUT2D eigenvalue weighted by Crippen LogP contribution is -2.39. The van der Waals surface area contributed by atoms with Crippen LogP contribution in [0.5, 0.6) is 0 Å². The van der Waals surface area contributed by atoms with Crippen molar-refractivity contribution in [1.29, 1.82) is 0 Å². The molecule has 0 fully saturated rings. The molecule has 0 aliphatic heterocycles. The average Bonchev–Trinajstić information content (AvgIpc) is 3.12. The van der Waals surface area contributed by atoms with Crippen LogP contribution in [0.3, 0.4) is 0 Å². The van der Waals surface area contributed by atoms with Gasteiger partial charge in [-0.15, -0.1) is 24.0 Å². The molecule has 1 atom stereocenters. The van der Waals surface area contributed by atoms with Gasteiger partial charge in [0.25, 0.3) is 0 Å². The van der Waals surface area contributed by atoms with Gasteiger partial charge in [-0.2, -0.15) is 11.3 Å². The molecule has 1 aromatic heterocycles.